The van der Waals surface area contributed by atoms with Crippen molar-refractivity contribution >= 4 is 8.32 Å². The standard InChI is InChI=1S/C10H25NOSi/c1-5-13(6-2,7-3)12-10(4)8-9-11/h10H,5-9,11H2,1-4H3/t10-/m0/s1. The largest absolute Gasteiger partial charge is 0.414 e. The molecule has 0 aliphatic rings. The first-order chi connectivity index (χ1) is 6.14. The normalized spacial score (nSPS) is 14.5. The fourth-order valence-corrected chi connectivity index (χ4v) is 4.69. The van der Waals surface area contributed by atoms with E-state index in [4.69, 9.17) is 10.2 Å². The number of rotatable bonds is 7. The van der Waals surface area contributed by atoms with Crippen LogP contribution >= 0.6 is 0 Å². The van der Waals surface area contributed by atoms with E-state index in [-0.39, 0.29) is 0 Å². The first kappa shape index (κ1) is 13.1. The Hall–Kier alpha value is 0.137. The minimum atomic E-state index is -1.37. The van der Waals surface area contributed by atoms with Crippen molar-refractivity contribution in [2.75, 3.05) is 6.54 Å². The Balaban J connectivity index is 4.07. The van der Waals surface area contributed by atoms with Gasteiger partial charge in [0.25, 0.3) is 0 Å². The zero-order chi connectivity index (χ0) is 10.3. The van der Waals surface area contributed by atoms with Crippen LogP contribution in [0.25, 0.3) is 0 Å². The smallest absolute Gasteiger partial charge is 0.192 e. The molecule has 0 rings (SSSR count). The van der Waals surface area contributed by atoms with Gasteiger partial charge in [0.05, 0.1) is 0 Å². The molecule has 0 aliphatic carbocycles. The van der Waals surface area contributed by atoms with E-state index in [1.807, 2.05) is 0 Å². The highest BCUT2D eigenvalue weighted by Gasteiger charge is 2.30. The summed E-state index contributed by atoms with van der Waals surface area (Å²) in [6, 6.07) is 3.69. The second kappa shape index (κ2) is 6.57. The molecule has 0 fully saturated rings. The van der Waals surface area contributed by atoms with Crippen molar-refractivity contribution in [2.45, 2.75) is 58.4 Å². The molecule has 13 heavy (non-hydrogen) atoms. The molecule has 2 N–H and O–H groups in total. The van der Waals surface area contributed by atoms with Crippen LogP contribution in [0.1, 0.15) is 34.1 Å². The Kier molecular flexibility index (Phi) is 6.64. The van der Waals surface area contributed by atoms with E-state index in [0.717, 1.165) is 13.0 Å². The van der Waals surface area contributed by atoms with Crippen LogP contribution in [0.2, 0.25) is 18.1 Å². The predicted molar refractivity (Wildman–Crippen MR) is 61.4 cm³/mol. The van der Waals surface area contributed by atoms with Crippen molar-refractivity contribution in [3.05, 3.63) is 0 Å². The van der Waals surface area contributed by atoms with Crippen LogP contribution in [0.15, 0.2) is 0 Å². The van der Waals surface area contributed by atoms with Crippen LogP contribution < -0.4 is 5.73 Å². The third kappa shape index (κ3) is 4.25. The summed E-state index contributed by atoms with van der Waals surface area (Å²) in [4.78, 5) is 0. The van der Waals surface area contributed by atoms with Gasteiger partial charge in [0.2, 0.25) is 0 Å². The van der Waals surface area contributed by atoms with E-state index >= 15 is 0 Å². The maximum Gasteiger partial charge on any atom is 0.192 e. The summed E-state index contributed by atoms with van der Waals surface area (Å²) in [5, 5.41) is 0. The highest BCUT2D eigenvalue weighted by Crippen LogP contribution is 2.23. The lowest BCUT2D eigenvalue weighted by atomic mass is 10.3. The Bertz CT molecular complexity index is 118. The fourth-order valence-electron chi connectivity index (χ4n) is 1.72. The minimum absolute atomic E-state index is 0.358. The average Bonchev–Trinajstić information content (AvgIpc) is 2.15. The van der Waals surface area contributed by atoms with Gasteiger partial charge in [0.15, 0.2) is 8.32 Å². The Morgan fingerprint density at radius 2 is 1.62 bits per heavy atom. The van der Waals surface area contributed by atoms with Gasteiger partial charge in [-0.15, -0.1) is 0 Å². The van der Waals surface area contributed by atoms with Crippen LogP contribution in [-0.4, -0.2) is 21.0 Å². The second-order valence-electron chi connectivity index (χ2n) is 3.75. The van der Waals surface area contributed by atoms with Gasteiger partial charge in [-0.05, 0) is 38.0 Å². The molecular weight excluding hydrogens is 178 g/mol. The molecule has 0 heterocycles. The zero-order valence-electron chi connectivity index (χ0n) is 9.60. The van der Waals surface area contributed by atoms with Gasteiger partial charge in [-0.1, -0.05) is 20.8 Å². The first-order valence-corrected chi connectivity index (χ1v) is 8.05. The maximum absolute atomic E-state index is 6.18. The summed E-state index contributed by atoms with van der Waals surface area (Å²) < 4.78 is 6.18. The van der Waals surface area contributed by atoms with E-state index in [0.29, 0.717) is 6.10 Å². The molecule has 0 aromatic carbocycles. The van der Waals surface area contributed by atoms with E-state index in [1.54, 1.807) is 0 Å². The number of hydrogen-bond acceptors (Lipinski definition) is 2. The molecule has 2 nitrogen and oxygen atoms in total. The van der Waals surface area contributed by atoms with Crippen molar-refractivity contribution in [2.24, 2.45) is 5.73 Å². The maximum atomic E-state index is 6.18. The topological polar surface area (TPSA) is 35.2 Å². The summed E-state index contributed by atoms with van der Waals surface area (Å²) in [7, 11) is -1.37. The zero-order valence-corrected chi connectivity index (χ0v) is 10.6. The lowest BCUT2D eigenvalue weighted by Gasteiger charge is -2.31. The van der Waals surface area contributed by atoms with Gasteiger partial charge in [-0.3, -0.25) is 0 Å². The van der Waals surface area contributed by atoms with Crippen LogP contribution in [0.4, 0.5) is 0 Å². The van der Waals surface area contributed by atoms with Crippen molar-refractivity contribution in [1.29, 1.82) is 0 Å². The minimum Gasteiger partial charge on any atom is -0.414 e. The molecule has 0 unspecified atom stereocenters. The monoisotopic (exact) mass is 203 g/mol. The highest BCUT2D eigenvalue weighted by molar-refractivity contribution is 6.73. The molecule has 0 radical (unpaired) electrons. The van der Waals surface area contributed by atoms with Gasteiger partial charge in [0, 0.05) is 6.10 Å². The second-order valence-corrected chi connectivity index (χ2v) is 8.47. The summed E-state index contributed by atoms with van der Waals surface area (Å²) in [5.41, 5.74) is 5.51. The van der Waals surface area contributed by atoms with Crippen LogP contribution in [0.3, 0.4) is 0 Å². The van der Waals surface area contributed by atoms with Crippen molar-refractivity contribution in [1.82, 2.24) is 0 Å². The summed E-state index contributed by atoms with van der Waals surface area (Å²) in [5.74, 6) is 0. The van der Waals surface area contributed by atoms with E-state index < -0.39 is 8.32 Å². The lowest BCUT2D eigenvalue weighted by Crippen LogP contribution is -2.39. The van der Waals surface area contributed by atoms with Gasteiger partial charge in [-0.2, -0.15) is 0 Å². The van der Waals surface area contributed by atoms with E-state index in [1.165, 1.54) is 18.1 Å². The van der Waals surface area contributed by atoms with Gasteiger partial charge < -0.3 is 10.2 Å². The molecule has 3 heteroatoms. The number of nitrogens with two attached hydrogens (primary N) is 1. The molecular formula is C10H25NOSi. The van der Waals surface area contributed by atoms with E-state index in [2.05, 4.69) is 27.7 Å². The highest BCUT2D eigenvalue weighted by atomic mass is 28.4. The molecule has 0 saturated heterocycles. The van der Waals surface area contributed by atoms with Gasteiger partial charge >= 0.3 is 0 Å². The SMILES string of the molecule is CC[Si](CC)(CC)O[C@@H](C)CCN. The molecule has 1 atom stereocenters. The molecule has 0 aromatic rings. The Morgan fingerprint density at radius 1 is 1.15 bits per heavy atom. The van der Waals surface area contributed by atoms with Crippen LogP contribution in [0, 0.1) is 0 Å². The van der Waals surface area contributed by atoms with Crippen LogP contribution in [-0.2, 0) is 4.43 Å². The fraction of sp³-hybridized carbons (Fsp3) is 1.00. The third-order valence-electron chi connectivity index (χ3n) is 2.96. The van der Waals surface area contributed by atoms with Gasteiger partial charge in [-0.25, -0.2) is 0 Å². The third-order valence-corrected chi connectivity index (χ3v) is 7.73. The van der Waals surface area contributed by atoms with Crippen LogP contribution in [0.5, 0.6) is 0 Å². The Labute approximate surface area is 84.0 Å². The molecule has 80 valence electrons. The predicted octanol–water partition coefficient (Wildman–Crippen LogP) is 2.75. The van der Waals surface area contributed by atoms with Gasteiger partial charge in [0.1, 0.15) is 0 Å². The van der Waals surface area contributed by atoms with E-state index in [9.17, 15) is 0 Å². The van der Waals surface area contributed by atoms with Crippen molar-refractivity contribution in [3.63, 3.8) is 0 Å². The summed E-state index contributed by atoms with van der Waals surface area (Å²) in [6.07, 6.45) is 1.35. The molecule has 0 aliphatic heterocycles. The molecule has 0 spiro atoms. The average molecular weight is 203 g/mol. The summed E-state index contributed by atoms with van der Waals surface area (Å²) >= 11 is 0. The first-order valence-electron chi connectivity index (χ1n) is 5.52. The molecule has 0 amide bonds. The molecule has 0 bridgehead atoms. The summed E-state index contributed by atoms with van der Waals surface area (Å²) in [6.45, 7) is 9.66. The Morgan fingerprint density at radius 3 is 1.92 bits per heavy atom. The quantitative estimate of drug-likeness (QED) is 0.646. The lowest BCUT2D eigenvalue weighted by molar-refractivity contribution is 0.198. The number of hydrogen-bond donors (Lipinski definition) is 1. The van der Waals surface area contributed by atoms with Crippen molar-refractivity contribution in [3.8, 4) is 0 Å². The molecule has 0 aromatic heterocycles. The molecule has 0 saturated carbocycles. The van der Waals surface area contributed by atoms with Crippen molar-refractivity contribution < 1.29 is 4.43 Å².